The van der Waals surface area contributed by atoms with Crippen molar-refractivity contribution < 1.29 is 4.79 Å². The molecule has 5 nitrogen and oxygen atoms in total. The van der Waals surface area contributed by atoms with Crippen LogP contribution in [0.1, 0.15) is 35.5 Å². The molecule has 0 radical (unpaired) electrons. The molecule has 0 saturated carbocycles. The summed E-state index contributed by atoms with van der Waals surface area (Å²) in [6, 6.07) is 17.4. The minimum atomic E-state index is -0.144. The highest BCUT2D eigenvalue weighted by atomic mass is 16.2. The molecule has 1 aromatic heterocycles. The summed E-state index contributed by atoms with van der Waals surface area (Å²) in [4.78, 5) is 23.4. The smallest absolute Gasteiger partial charge is 0.277 e. The monoisotopic (exact) mass is 360 g/mol. The highest BCUT2D eigenvalue weighted by Gasteiger charge is 2.18. The second kappa shape index (κ2) is 8.45. The molecule has 0 aliphatic carbocycles. The topological polar surface area (TPSA) is 58.1 Å². The fourth-order valence-corrected chi connectivity index (χ4v) is 3.04. The Morgan fingerprint density at radius 2 is 1.81 bits per heavy atom. The first-order valence-corrected chi connectivity index (χ1v) is 9.19. The van der Waals surface area contributed by atoms with Crippen LogP contribution in [-0.4, -0.2) is 22.4 Å². The van der Waals surface area contributed by atoms with Gasteiger partial charge in [0.2, 0.25) is 5.95 Å². The number of benzene rings is 2. The lowest BCUT2D eigenvalue weighted by atomic mass is 10.1. The molecule has 0 spiro atoms. The number of aryl methyl sites for hydroxylation is 2. The van der Waals surface area contributed by atoms with Crippen molar-refractivity contribution >= 4 is 23.2 Å². The zero-order valence-electron chi connectivity index (χ0n) is 15.9. The number of rotatable bonds is 6. The van der Waals surface area contributed by atoms with Gasteiger partial charge in [-0.05, 0) is 49.6 Å². The third-order valence-electron chi connectivity index (χ3n) is 4.48. The molecule has 1 N–H and O–H groups in total. The van der Waals surface area contributed by atoms with Gasteiger partial charge >= 0.3 is 0 Å². The lowest BCUT2D eigenvalue weighted by molar-refractivity contribution is 0.0983. The lowest BCUT2D eigenvalue weighted by Crippen LogP contribution is -2.31. The Morgan fingerprint density at radius 1 is 1.04 bits per heavy atom. The molecule has 0 aliphatic heterocycles. The number of anilines is 3. The van der Waals surface area contributed by atoms with Gasteiger partial charge in [0, 0.05) is 24.1 Å². The van der Waals surface area contributed by atoms with Crippen LogP contribution < -0.4 is 10.2 Å². The van der Waals surface area contributed by atoms with Crippen LogP contribution in [-0.2, 0) is 6.42 Å². The summed E-state index contributed by atoms with van der Waals surface area (Å²) in [6.07, 6.45) is 2.52. The molecule has 3 aromatic rings. The van der Waals surface area contributed by atoms with Gasteiger partial charge in [-0.1, -0.05) is 43.3 Å². The van der Waals surface area contributed by atoms with Gasteiger partial charge in [0.1, 0.15) is 5.69 Å². The predicted octanol–water partition coefficient (Wildman–Crippen LogP) is 4.76. The number of para-hydroxylation sites is 2. The van der Waals surface area contributed by atoms with E-state index < -0.39 is 0 Å². The fraction of sp³-hybridized carbons (Fsp3) is 0.227. The van der Waals surface area contributed by atoms with E-state index in [1.807, 2.05) is 56.3 Å². The fourth-order valence-electron chi connectivity index (χ4n) is 3.04. The zero-order chi connectivity index (χ0) is 19.2. The Kier molecular flexibility index (Phi) is 5.81. The summed E-state index contributed by atoms with van der Waals surface area (Å²) in [5, 5.41) is 3.29. The van der Waals surface area contributed by atoms with Crippen LogP contribution in [0.15, 0.2) is 60.8 Å². The second-order valence-corrected chi connectivity index (χ2v) is 6.24. The van der Waals surface area contributed by atoms with Crippen molar-refractivity contribution in [1.29, 1.82) is 0 Å². The maximum atomic E-state index is 13.0. The Bertz CT molecular complexity index is 925. The van der Waals surface area contributed by atoms with Crippen LogP contribution >= 0.6 is 0 Å². The number of amides is 1. The van der Waals surface area contributed by atoms with Crippen LogP contribution in [0.5, 0.6) is 0 Å². The summed E-state index contributed by atoms with van der Waals surface area (Å²) >= 11 is 0. The van der Waals surface area contributed by atoms with E-state index in [1.54, 1.807) is 17.2 Å². The van der Waals surface area contributed by atoms with E-state index in [-0.39, 0.29) is 5.91 Å². The quantitative estimate of drug-likeness (QED) is 0.689. The van der Waals surface area contributed by atoms with E-state index in [9.17, 15) is 4.79 Å². The number of hydrogen-bond acceptors (Lipinski definition) is 4. The number of aromatic nitrogens is 2. The Hall–Kier alpha value is -3.21. The average Bonchev–Trinajstić information content (AvgIpc) is 2.71. The molecule has 0 saturated heterocycles. The van der Waals surface area contributed by atoms with E-state index in [0.29, 0.717) is 18.2 Å². The highest BCUT2D eigenvalue weighted by molar-refractivity contribution is 6.04. The van der Waals surface area contributed by atoms with Gasteiger partial charge in [-0.25, -0.2) is 9.97 Å². The van der Waals surface area contributed by atoms with Gasteiger partial charge in [0.25, 0.3) is 5.91 Å². The molecule has 3 rings (SSSR count). The third-order valence-corrected chi connectivity index (χ3v) is 4.48. The van der Waals surface area contributed by atoms with Crippen molar-refractivity contribution in [2.75, 3.05) is 16.8 Å². The van der Waals surface area contributed by atoms with Gasteiger partial charge < -0.3 is 10.2 Å². The minimum Gasteiger partial charge on any atom is -0.324 e. The van der Waals surface area contributed by atoms with Crippen molar-refractivity contribution in [3.05, 3.63) is 77.6 Å². The number of carbonyl (C=O) groups excluding carboxylic acids is 1. The zero-order valence-corrected chi connectivity index (χ0v) is 15.9. The first-order valence-electron chi connectivity index (χ1n) is 9.19. The predicted molar refractivity (Wildman–Crippen MR) is 110 cm³/mol. The molecule has 138 valence electrons. The van der Waals surface area contributed by atoms with Gasteiger partial charge in [0.05, 0.1) is 0 Å². The van der Waals surface area contributed by atoms with E-state index in [1.165, 1.54) is 5.56 Å². The summed E-state index contributed by atoms with van der Waals surface area (Å²) in [6.45, 7) is 6.67. The van der Waals surface area contributed by atoms with Crippen molar-refractivity contribution in [3.63, 3.8) is 0 Å². The van der Waals surface area contributed by atoms with Crippen molar-refractivity contribution in [2.45, 2.75) is 27.2 Å². The van der Waals surface area contributed by atoms with Crippen LogP contribution in [0.4, 0.5) is 17.3 Å². The molecule has 1 heterocycles. The minimum absolute atomic E-state index is 0.144. The van der Waals surface area contributed by atoms with Crippen molar-refractivity contribution in [1.82, 2.24) is 9.97 Å². The molecular formula is C22H24N4O. The summed E-state index contributed by atoms with van der Waals surface area (Å²) in [5.41, 5.74) is 4.53. The van der Waals surface area contributed by atoms with Crippen LogP contribution in [0.3, 0.4) is 0 Å². The molecule has 5 heteroatoms. The molecule has 2 aromatic carbocycles. The lowest BCUT2D eigenvalue weighted by Gasteiger charge is -2.20. The molecule has 0 unspecified atom stereocenters. The van der Waals surface area contributed by atoms with Crippen LogP contribution in [0.25, 0.3) is 0 Å². The van der Waals surface area contributed by atoms with Gasteiger partial charge in [0.15, 0.2) is 0 Å². The second-order valence-electron chi connectivity index (χ2n) is 6.24. The van der Waals surface area contributed by atoms with E-state index in [0.717, 1.165) is 23.4 Å². The van der Waals surface area contributed by atoms with E-state index in [4.69, 9.17) is 0 Å². The molecule has 0 bridgehead atoms. The van der Waals surface area contributed by atoms with E-state index in [2.05, 4.69) is 28.3 Å². The largest absolute Gasteiger partial charge is 0.324 e. The first-order chi connectivity index (χ1) is 13.1. The van der Waals surface area contributed by atoms with E-state index >= 15 is 0 Å². The van der Waals surface area contributed by atoms with Crippen LogP contribution in [0, 0.1) is 6.92 Å². The van der Waals surface area contributed by atoms with Crippen LogP contribution in [0.2, 0.25) is 0 Å². The summed E-state index contributed by atoms with van der Waals surface area (Å²) in [5.74, 6) is 0.281. The number of carbonyl (C=O) groups is 1. The average molecular weight is 360 g/mol. The van der Waals surface area contributed by atoms with Gasteiger partial charge in [-0.3, -0.25) is 4.79 Å². The van der Waals surface area contributed by atoms with Crippen molar-refractivity contribution in [2.24, 2.45) is 0 Å². The molecule has 27 heavy (non-hydrogen) atoms. The maximum absolute atomic E-state index is 13.0. The Morgan fingerprint density at radius 3 is 2.52 bits per heavy atom. The van der Waals surface area contributed by atoms with Gasteiger partial charge in [-0.15, -0.1) is 0 Å². The SMILES string of the molecule is CCc1cccc(C)c1Nc1nccc(C(=O)N(CC)c2ccccc2)n1. The molecule has 0 aliphatic rings. The molecular weight excluding hydrogens is 336 g/mol. The normalized spacial score (nSPS) is 10.5. The summed E-state index contributed by atoms with van der Waals surface area (Å²) < 4.78 is 0. The standard InChI is InChI=1S/C22H24N4O/c1-4-17-11-9-10-16(3)20(17)25-22-23-15-14-19(24-22)21(27)26(5-2)18-12-7-6-8-13-18/h6-15H,4-5H2,1-3H3,(H,23,24,25). The molecule has 1 amide bonds. The third kappa shape index (κ3) is 4.14. The molecule has 0 atom stereocenters. The Labute approximate surface area is 160 Å². The Balaban J connectivity index is 1.89. The first kappa shape index (κ1) is 18.6. The highest BCUT2D eigenvalue weighted by Crippen LogP contribution is 2.24. The van der Waals surface area contributed by atoms with Crippen molar-refractivity contribution in [3.8, 4) is 0 Å². The molecule has 0 fully saturated rings. The number of hydrogen-bond donors (Lipinski definition) is 1. The maximum Gasteiger partial charge on any atom is 0.277 e. The number of nitrogens with zero attached hydrogens (tertiary/aromatic N) is 3. The summed E-state index contributed by atoms with van der Waals surface area (Å²) in [7, 11) is 0. The number of nitrogens with one attached hydrogen (secondary N) is 1. The van der Waals surface area contributed by atoms with Gasteiger partial charge in [-0.2, -0.15) is 0 Å².